The Balaban J connectivity index is 1.96. The molecule has 0 spiro atoms. The van der Waals surface area contributed by atoms with Gasteiger partial charge in [0.2, 0.25) is 0 Å². The summed E-state index contributed by atoms with van der Waals surface area (Å²) in [7, 11) is 0. The lowest BCUT2D eigenvalue weighted by atomic mass is 9.50. The molecule has 0 aromatic rings. The molecule has 0 saturated heterocycles. The van der Waals surface area contributed by atoms with Gasteiger partial charge in [0.05, 0.1) is 0 Å². The molecule has 4 fully saturated rings. The van der Waals surface area contributed by atoms with Crippen molar-refractivity contribution in [2.75, 3.05) is 0 Å². The van der Waals surface area contributed by atoms with Crippen LogP contribution >= 0.6 is 0 Å². The van der Waals surface area contributed by atoms with Crippen molar-refractivity contribution in [3.8, 4) is 0 Å². The van der Waals surface area contributed by atoms with Crippen molar-refractivity contribution in [3.63, 3.8) is 0 Å². The van der Waals surface area contributed by atoms with Crippen LogP contribution in [-0.4, -0.2) is 17.2 Å². The molecule has 0 heterocycles. The summed E-state index contributed by atoms with van der Waals surface area (Å²) in [5.74, 6) is 1.07. The van der Waals surface area contributed by atoms with Crippen LogP contribution in [0.25, 0.3) is 0 Å². The average molecular weight is 795 g/mol. The molecule has 4 nitrogen and oxygen atoms in total. The highest BCUT2D eigenvalue weighted by atomic mass is 16.7. The molecule has 330 valence electrons. The summed E-state index contributed by atoms with van der Waals surface area (Å²) in [6, 6.07) is 0. The normalized spacial score (nSPS) is 24.9. The van der Waals surface area contributed by atoms with Crippen LogP contribution in [0, 0.1) is 29.1 Å². The average Bonchev–Trinajstić information content (AvgIpc) is 3.17. The molecule has 4 heteroatoms. The van der Waals surface area contributed by atoms with Crippen LogP contribution in [0.1, 0.15) is 283 Å². The number of carbonyl (C=O) groups excluding carboxylic acids is 1. The fraction of sp³-hybridized carbons (Fsp3) is 0.925. The number of allylic oxidation sites excluding steroid dienone is 1. The van der Waals surface area contributed by atoms with Gasteiger partial charge in [0.25, 0.3) is 0 Å². The van der Waals surface area contributed by atoms with Gasteiger partial charge in [0, 0.05) is 11.0 Å². The number of hydrogen-bond acceptors (Lipinski definition) is 3. The standard InChI is InChI=1S/C53H94O4/c54-51(57-52(55)56)50(45-46-37-29-21-13-5-1-6-14-22-30-38-46)53(47-39-31-23-15-7-2-8-16-24-32-40-47,48-41-33-25-17-9-3-10-18-26-34-42-48)49-43-35-27-19-11-4-12-20-28-36-44-49/h45-49H,1-44H2,(H,55,56). The minimum atomic E-state index is -1.41. The van der Waals surface area contributed by atoms with Crippen LogP contribution in [0.15, 0.2) is 11.6 Å². The zero-order chi connectivity index (χ0) is 40.1. The summed E-state index contributed by atoms with van der Waals surface area (Å²) >= 11 is 0. The first-order chi connectivity index (χ1) is 28.1. The minimum absolute atomic E-state index is 0.323. The summed E-state index contributed by atoms with van der Waals surface area (Å²) in [5.41, 5.74) is 0.558. The van der Waals surface area contributed by atoms with Crippen LogP contribution in [0.4, 0.5) is 4.79 Å². The van der Waals surface area contributed by atoms with Crippen LogP contribution in [0.5, 0.6) is 0 Å². The van der Waals surface area contributed by atoms with Gasteiger partial charge in [0.15, 0.2) is 0 Å². The van der Waals surface area contributed by atoms with Crippen LogP contribution in [0.2, 0.25) is 0 Å². The van der Waals surface area contributed by atoms with E-state index in [1.165, 1.54) is 270 Å². The zero-order valence-corrected chi connectivity index (χ0v) is 37.7. The third kappa shape index (κ3) is 18.5. The Morgan fingerprint density at radius 2 is 0.561 bits per heavy atom. The van der Waals surface area contributed by atoms with E-state index >= 15 is 4.79 Å². The molecule has 0 unspecified atom stereocenters. The Hall–Kier alpha value is -1.32. The van der Waals surface area contributed by atoms with Crippen molar-refractivity contribution in [2.24, 2.45) is 29.1 Å². The van der Waals surface area contributed by atoms with Gasteiger partial charge < -0.3 is 9.84 Å². The van der Waals surface area contributed by atoms with E-state index in [0.717, 1.165) is 18.4 Å². The van der Waals surface area contributed by atoms with E-state index in [1.54, 1.807) is 0 Å². The summed E-state index contributed by atoms with van der Waals surface area (Å²) in [5, 5.41) is 10.3. The predicted molar refractivity (Wildman–Crippen MR) is 242 cm³/mol. The maximum Gasteiger partial charge on any atom is 0.513 e. The monoisotopic (exact) mass is 795 g/mol. The van der Waals surface area contributed by atoms with Gasteiger partial charge in [-0.2, -0.15) is 0 Å². The molecular formula is C53H94O4. The first-order valence-electron chi connectivity index (χ1n) is 26.3. The molecule has 1 N–H and O–H groups in total. The number of hydrogen-bond donors (Lipinski definition) is 1. The number of carboxylic acid groups (broad SMARTS) is 1. The molecule has 57 heavy (non-hydrogen) atoms. The van der Waals surface area contributed by atoms with Crippen molar-refractivity contribution >= 4 is 12.1 Å². The van der Waals surface area contributed by atoms with Crippen LogP contribution in [0.3, 0.4) is 0 Å². The van der Waals surface area contributed by atoms with Crippen molar-refractivity contribution < 1.29 is 19.4 Å². The SMILES string of the molecule is O=C(O)OC(=O)C(=CC1CCCCCCCCCCC1)C(C1CCCCCCCCCCC1)(C1CCCCCCCCCCC1)C1CCCCCCCCCCC1. The van der Waals surface area contributed by atoms with E-state index in [-0.39, 0.29) is 5.41 Å². The molecule has 0 bridgehead atoms. The largest absolute Gasteiger partial charge is 0.513 e. The molecule has 4 saturated carbocycles. The van der Waals surface area contributed by atoms with Crippen LogP contribution < -0.4 is 0 Å². The first kappa shape index (κ1) is 48.3. The highest BCUT2D eigenvalue weighted by Crippen LogP contribution is 2.59. The topological polar surface area (TPSA) is 63.6 Å². The molecule has 0 radical (unpaired) electrons. The fourth-order valence-corrected chi connectivity index (χ4v) is 12.7. The lowest BCUT2D eigenvalue weighted by Gasteiger charge is -2.54. The summed E-state index contributed by atoms with van der Waals surface area (Å²) in [6.45, 7) is 0. The van der Waals surface area contributed by atoms with E-state index in [1.807, 2.05) is 0 Å². The van der Waals surface area contributed by atoms with Gasteiger partial charge in [-0.15, -0.1) is 0 Å². The van der Waals surface area contributed by atoms with E-state index < -0.39 is 12.1 Å². The Morgan fingerprint density at radius 3 is 0.789 bits per heavy atom. The summed E-state index contributed by atoms with van der Waals surface area (Å²) in [4.78, 5) is 27.9. The highest BCUT2D eigenvalue weighted by molar-refractivity contribution is 5.95. The second-order valence-corrected chi connectivity index (χ2v) is 20.1. The van der Waals surface area contributed by atoms with Crippen molar-refractivity contribution in [2.45, 2.75) is 283 Å². The molecule has 0 aromatic carbocycles. The van der Waals surface area contributed by atoms with Gasteiger partial charge in [0.1, 0.15) is 0 Å². The van der Waals surface area contributed by atoms with E-state index in [9.17, 15) is 9.90 Å². The Labute approximate surface area is 353 Å². The van der Waals surface area contributed by atoms with Crippen LogP contribution in [-0.2, 0) is 9.53 Å². The Morgan fingerprint density at radius 1 is 0.351 bits per heavy atom. The van der Waals surface area contributed by atoms with Gasteiger partial charge in [-0.3, -0.25) is 0 Å². The lowest BCUT2D eigenvalue weighted by Crippen LogP contribution is -2.49. The summed E-state index contributed by atoms with van der Waals surface area (Å²) < 4.78 is 5.59. The van der Waals surface area contributed by atoms with E-state index in [2.05, 4.69) is 6.08 Å². The highest BCUT2D eigenvalue weighted by Gasteiger charge is 2.54. The molecule has 4 rings (SSSR count). The number of ether oxygens (including phenoxy) is 1. The fourth-order valence-electron chi connectivity index (χ4n) is 12.7. The van der Waals surface area contributed by atoms with E-state index in [4.69, 9.17) is 4.74 Å². The maximum absolute atomic E-state index is 15.2. The molecule has 0 aromatic heterocycles. The van der Waals surface area contributed by atoms with E-state index in [0.29, 0.717) is 23.7 Å². The maximum atomic E-state index is 15.2. The molecule has 0 aliphatic heterocycles. The van der Waals surface area contributed by atoms with Gasteiger partial charge in [-0.1, -0.05) is 237 Å². The van der Waals surface area contributed by atoms with Crippen molar-refractivity contribution in [3.05, 3.63) is 11.6 Å². The predicted octanol–water partition coefficient (Wildman–Crippen LogP) is 17.8. The second kappa shape index (κ2) is 30.7. The van der Waals surface area contributed by atoms with Crippen molar-refractivity contribution in [1.82, 2.24) is 0 Å². The summed E-state index contributed by atoms with van der Waals surface area (Å²) in [6.07, 6.45) is 57.7. The minimum Gasteiger partial charge on any atom is -0.449 e. The first-order valence-corrected chi connectivity index (χ1v) is 26.3. The molecule has 4 aliphatic carbocycles. The van der Waals surface area contributed by atoms with Gasteiger partial charge in [-0.05, 0) is 75.0 Å². The quantitative estimate of drug-likeness (QED) is 0.165. The number of carbonyl (C=O) groups is 2. The third-order valence-corrected chi connectivity index (χ3v) is 15.8. The van der Waals surface area contributed by atoms with Gasteiger partial charge in [-0.25, -0.2) is 9.59 Å². The third-order valence-electron chi connectivity index (χ3n) is 15.8. The number of esters is 1. The molecule has 0 amide bonds. The smallest absolute Gasteiger partial charge is 0.449 e. The molecular weight excluding hydrogens is 701 g/mol. The Bertz CT molecular complexity index is 941. The number of rotatable bonds is 6. The zero-order valence-electron chi connectivity index (χ0n) is 37.7. The second-order valence-electron chi connectivity index (χ2n) is 20.1. The van der Waals surface area contributed by atoms with Crippen molar-refractivity contribution in [1.29, 1.82) is 0 Å². The molecule has 4 aliphatic rings. The molecule has 0 atom stereocenters. The Kier molecular flexibility index (Phi) is 26.0. The lowest BCUT2D eigenvalue weighted by molar-refractivity contribution is -0.139. The van der Waals surface area contributed by atoms with Gasteiger partial charge >= 0.3 is 12.1 Å².